The van der Waals surface area contributed by atoms with Crippen molar-refractivity contribution in [2.75, 3.05) is 0 Å². The fraction of sp³-hybridized carbons (Fsp3) is 0.167. The summed E-state index contributed by atoms with van der Waals surface area (Å²) in [5, 5.41) is 0. The molecule has 0 saturated carbocycles. The SMILES string of the molecule is CCCc1ccnc(-c2cccc(-c3ccccc3)n2)n1. The van der Waals surface area contributed by atoms with E-state index < -0.39 is 0 Å². The number of hydrogen-bond acceptors (Lipinski definition) is 3. The maximum Gasteiger partial charge on any atom is 0.178 e. The molecule has 0 aliphatic carbocycles. The predicted octanol–water partition coefficient (Wildman–Crippen LogP) is 4.16. The molecule has 3 heteroatoms. The Kier molecular flexibility index (Phi) is 4.01. The van der Waals surface area contributed by atoms with Gasteiger partial charge in [0.15, 0.2) is 5.82 Å². The molecule has 0 unspecified atom stereocenters. The van der Waals surface area contributed by atoms with Gasteiger partial charge in [-0.3, -0.25) is 0 Å². The molecule has 0 atom stereocenters. The molecule has 3 nitrogen and oxygen atoms in total. The third-order valence-electron chi connectivity index (χ3n) is 3.27. The number of pyridine rings is 1. The van der Waals surface area contributed by atoms with Crippen LogP contribution in [0.2, 0.25) is 0 Å². The van der Waals surface area contributed by atoms with Gasteiger partial charge in [0.2, 0.25) is 0 Å². The van der Waals surface area contributed by atoms with E-state index in [1.807, 2.05) is 48.7 Å². The molecule has 2 aromatic heterocycles. The van der Waals surface area contributed by atoms with E-state index in [4.69, 9.17) is 0 Å². The lowest BCUT2D eigenvalue weighted by atomic mass is 10.1. The maximum absolute atomic E-state index is 4.69. The molecule has 0 spiro atoms. The average molecular weight is 275 g/mol. The Labute approximate surface area is 124 Å². The molecule has 0 aliphatic heterocycles. The van der Waals surface area contributed by atoms with Crippen molar-refractivity contribution in [2.24, 2.45) is 0 Å². The topological polar surface area (TPSA) is 38.7 Å². The second-order valence-corrected chi connectivity index (χ2v) is 4.90. The van der Waals surface area contributed by atoms with Gasteiger partial charge in [-0.2, -0.15) is 0 Å². The van der Waals surface area contributed by atoms with Gasteiger partial charge in [0.1, 0.15) is 5.69 Å². The van der Waals surface area contributed by atoms with Crippen LogP contribution in [0.5, 0.6) is 0 Å². The Bertz CT molecular complexity index is 723. The number of benzene rings is 1. The number of aromatic nitrogens is 3. The van der Waals surface area contributed by atoms with Crippen molar-refractivity contribution in [2.45, 2.75) is 19.8 Å². The van der Waals surface area contributed by atoms with Crippen LogP contribution in [0.4, 0.5) is 0 Å². The first-order valence-electron chi connectivity index (χ1n) is 7.21. The number of hydrogen-bond donors (Lipinski definition) is 0. The van der Waals surface area contributed by atoms with Crippen molar-refractivity contribution in [3.63, 3.8) is 0 Å². The van der Waals surface area contributed by atoms with Crippen molar-refractivity contribution >= 4 is 0 Å². The first-order valence-corrected chi connectivity index (χ1v) is 7.21. The molecule has 0 fully saturated rings. The summed E-state index contributed by atoms with van der Waals surface area (Å²) in [7, 11) is 0. The van der Waals surface area contributed by atoms with E-state index in [2.05, 4.69) is 34.0 Å². The Hall–Kier alpha value is -2.55. The van der Waals surface area contributed by atoms with Crippen LogP contribution in [0.3, 0.4) is 0 Å². The largest absolute Gasteiger partial charge is 0.244 e. The van der Waals surface area contributed by atoms with Crippen molar-refractivity contribution < 1.29 is 0 Å². The molecular weight excluding hydrogens is 258 g/mol. The minimum absolute atomic E-state index is 0.693. The van der Waals surface area contributed by atoms with Crippen LogP contribution in [0.25, 0.3) is 22.8 Å². The van der Waals surface area contributed by atoms with Gasteiger partial charge in [-0.15, -0.1) is 0 Å². The Morgan fingerprint density at radius 2 is 1.62 bits per heavy atom. The quantitative estimate of drug-likeness (QED) is 0.717. The van der Waals surface area contributed by atoms with Gasteiger partial charge in [0.05, 0.1) is 5.69 Å². The van der Waals surface area contributed by atoms with Crippen molar-refractivity contribution in [1.29, 1.82) is 0 Å². The standard InChI is InChI=1S/C18H17N3/c1-2-7-15-12-13-19-18(20-15)17-11-6-10-16(21-17)14-8-4-3-5-9-14/h3-6,8-13H,2,7H2,1H3. The zero-order valence-electron chi connectivity index (χ0n) is 12.0. The summed E-state index contributed by atoms with van der Waals surface area (Å²) in [4.78, 5) is 13.6. The highest BCUT2D eigenvalue weighted by molar-refractivity contribution is 5.62. The maximum atomic E-state index is 4.69. The average Bonchev–Trinajstić information content (AvgIpc) is 2.56. The van der Waals surface area contributed by atoms with Gasteiger partial charge >= 0.3 is 0 Å². The molecule has 0 N–H and O–H groups in total. The lowest BCUT2D eigenvalue weighted by molar-refractivity contribution is 0.874. The Morgan fingerprint density at radius 3 is 2.43 bits per heavy atom. The van der Waals surface area contributed by atoms with Gasteiger partial charge in [-0.1, -0.05) is 49.7 Å². The van der Waals surface area contributed by atoms with Gasteiger partial charge in [0.25, 0.3) is 0 Å². The summed E-state index contributed by atoms with van der Waals surface area (Å²) in [6, 6.07) is 18.1. The lowest BCUT2D eigenvalue weighted by Gasteiger charge is -2.05. The lowest BCUT2D eigenvalue weighted by Crippen LogP contribution is -1.97. The van der Waals surface area contributed by atoms with Crippen LogP contribution in [0, 0.1) is 0 Å². The van der Waals surface area contributed by atoms with E-state index in [1.165, 1.54) is 0 Å². The molecule has 0 radical (unpaired) electrons. The zero-order chi connectivity index (χ0) is 14.5. The molecule has 2 heterocycles. The molecule has 104 valence electrons. The van der Waals surface area contributed by atoms with Gasteiger partial charge in [0, 0.05) is 17.5 Å². The first kappa shape index (κ1) is 13.4. The minimum Gasteiger partial charge on any atom is -0.244 e. The number of rotatable bonds is 4. The van der Waals surface area contributed by atoms with E-state index in [-0.39, 0.29) is 0 Å². The Morgan fingerprint density at radius 1 is 0.810 bits per heavy atom. The first-order chi connectivity index (χ1) is 10.4. The summed E-state index contributed by atoms with van der Waals surface area (Å²) >= 11 is 0. The third-order valence-corrected chi connectivity index (χ3v) is 3.27. The van der Waals surface area contributed by atoms with E-state index >= 15 is 0 Å². The van der Waals surface area contributed by atoms with Gasteiger partial charge in [-0.05, 0) is 24.6 Å². The molecule has 0 saturated heterocycles. The van der Waals surface area contributed by atoms with Gasteiger partial charge < -0.3 is 0 Å². The fourth-order valence-corrected chi connectivity index (χ4v) is 2.24. The highest BCUT2D eigenvalue weighted by Crippen LogP contribution is 2.20. The Balaban J connectivity index is 1.98. The molecular formula is C18H17N3. The zero-order valence-corrected chi connectivity index (χ0v) is 12.0. The van der Waals surface area contributed by atoms with E-state index in [0.717, 1.165) is 35.5 Å². The van der Waals surface area contributed by atoms with Crippen LogP contribution < -0.4 is 0 Å². The second kappa shape index (κ2) is 6.27. The van der Waals surface area contributed by atoms with Crippen molar-refractivity contribution in [3.05, 3.63) is 66.5 Å². The van der Waals surface area contributed by atoms with E-state index in [0.29, 0.717) is 5.82 Å². The third kappa shape index (κ3) is 3.14. The molecule has 0 amide bonds. The smallest absolute Gasteiger partial charge is 0.178 e. The van der Waals surface area contributed by atoms with E-state index in [1.54, 1.807) is 0 Å². The fourth-order valence-electron chi connectivity index (χ4n) is 2.24. The minimum atomic E-state index is 0.693. The molecule has 3 aromatic rings. The molecule has 0 aliphatic rings. The predicted molar refractivity (Wildman–Crippen MR) is 84.7 cm³/mol. The summed E-state index contributed by atoms with van der Waals surface area (Å²) in [5.41, 5.74) is 3.92. The summed E-state index contributed by atoms with van der Waals surface area (Å²) < 4.78 is 0. The highest BCUT2D eigenvalue weighted by atomic mass is 14.9. The van der Waals surface area contributed by atoms with Crippen LogP contribution in [-0.4, -0.2) is 15.0 Å². The van der Waals surface area contributed by atoms with E-state index in [9.17, 15) is 0 Å². The monoisotopic (exact) mass is 275 g/mol. The van der Waals surface area contributed by atoms with Crippen LogP contribution in [-0.2, 0) is 6.42 Å². The van der Waals surface area contributed by atoms with Crippen LogP contribution in [0.15, 0.2) is 60.8 Å². The van der Waals surface area contributed by atoms with Crippen LogP contribution >= 0.6 is 0 Å². The van der Waals surface area contributed by atoms with Crippen LogP contribution in [0.1, 0.15) is 19.0 Å². The highest BCUT2D eigenvalue weighted by Gasteiger charge is 2.06. The summed E-state index contributed by atoms with van der Waals surface area (Å²) in [6.45, 7) is 2.15. The molecule has 0 bridgehead atoms. The normalized spacial score (nSPS) is 10.5. The van der Waals surface area contributed by atoms with Crippen molar-refractivity contribution in [1.82, 2.24) is 15.0 Å². The number of nitrogens with zero attached hydrogens (tertiary/aromatic N) is 3. The number of aryl methyl sites for hydroxylation is 1. The van der Waals surface area contributed by atoms with Gasteiger partial charge in [-0.25, -0.2) is 15.0 Å². The second-order valence-electron chi connectivity index (χ2n) is 4.90. The molecule has 1 aromatic carbocycles. The summed E-state index contributed by atoms with van der Waals surface area (Å²) in [6.07, 6.45) is 3.85. The molecule has 3 rings (SSSR count). The summed E-state index contributed by atoms with van der Waals surface area (Å²) in [5.74, 6) is 0.693. The van der Waals surface area contributed by atoms with Crippen molar-refractivity contribution in [3.8, 4) is 22.8 Å². The molecule has 21 heavy (non-hydrogen) atoms.